The Morgan fingerprint density at radius 2 is 1.96 bits per heavy atom. The van der Waals surface area contributed by atoms with Crippen LogP contribution in [0.4, 0.5) is 4.39 Å². The highest BCUT2D eigenvalue weighted by atomic mass is 32.2. The topological polar surface area (TPSA) is 60.7 Å². The molecule has 0 bridgehead atoms. The van der Waals surface area contributed by atoms with E-state index in [0.717, 1.165) is 0 Å². The van der Waals surface area contributed by atoms with Gasteiger partial charge in [0.1, 0.15) is 6.61 Å². The highest BCUT2D eigenvalue weighted by Crippen LogP contribution is 2.34. The SMILES string of the molecule is Cc1cc2c3c(c(F)cc2n1S(=O)(=O)c1ccccc1)OCCN=C3. The summed E-state index contributed by atoms with van der Waals surface area (Å²) in [6.07, 6.45) is 1.55. The fraction of sp³-hybridized carbons (Fsp3) is 0.167. The summed E-state index contributed by atoms with van der Waals surface area (Å²) >= 11 is 0. The van der Waals surface area contributed by atoms with Crippen LogP contribution in [0.2, 0.25) is 0 Å². The molecule has 1 aliphatic heterocycles. The Kier molecular flexibility index (Phi) is 3.61. The Morgan fingerprint density at radius 3 is 2.72 bits per heavy atom. The van der Waals surface area contributed by atoms with E-state index in [1.54, 1.807) is 37.4 Å². The first-order chi connectivity index (χ1) is 12.0. The smallest absolute Gasteiger partial charge is 0.268 e. The highest BCUT2D eigenvalue weighted by Gasteiger charge is 2.25. The van der Waals surface area contributed by atoms with Gasteiger partial charge < -0.3 is 4.74 Å². The number of hydrogen-bond acceptors (Lipinski definition) is 4. The summed E-state index contributed by atoms with van der Waals surface area (Å²) in [6, 6.07) is 11.0. The molecule has 0 saturated carbocycles. The van der Waals surface area contributed by atoms with Crippen LogP contribution in [0.1, 0.15) is 11.3 Å². The van der Waals surface area contributed by atoms with Gasteiger partial charge in [0, 0.05) is 28.9 Å². The first-order valence-electron chi connectivity index (χ1n) is 7.78. The van der Waals surface area contributed by atoms with Crippen molar-refractivity contribution in [3.8, 4) is 5.75 Å². The standard InChI is InChI=1S/C18H15FN2O3S/c1-12-9-14-15-11-20-7-8-24-18(15)16(19)10-17(14)21(12)25(22,23)13-5-3-2-4-6-13/h2-6,9-11H,7-8H2,1H3. The van der Waals surface area contributed by atoms with E-state index >= 15 is 0 Å². The van der Waals surface area contributed by atoms with E-state index in [9.17, 15) is 12.8 Å². The summed E-state index contributed by atoms with van der Waals surface area (Å²) in [5.74, 6) is -0.485. The van der Waals surface area contributed by atoms with Crippen molar-refractivity contribution in [3.63, 3.8) is 0 Å². The van der Waals surface area contributed by atoms with Gasteiger partial charge in [-0.2, -0.15) is 0 Å². The van der Waals surface area contributed by atoms with Crippen molar-refractivity contribution in [2.75, 3.05) is 13.2 Å². The number of aromatic nitrogens is 1. The Bertz CT molecular complexity index is 1100. The van der Waals surface area contributed by atoms with E-state index < -0.39 is 15.8 Å². The summed E-state index contributed by atoms with van der Waals surface area (Å²) in [7, 11) is -3.84. The second kappa shape index (κ2) is 5.70. The molecule has 0 spiro atoms. The molecule has 2 heterocycles. The van der Waals surface area contributed by atoms with E-state index in [1.807, 2.05) is 0 Å². The van der Waals surface area contributed by atoms with Gasteiger partial charge in [0.15, 0.2) is 11.6 Å². The molecule has 0 amide bonds. The zero-order chi connectivity index (χ0) is 17.6. The summed E-state index contributed by atoms with van der Waals surface area (Å²) in [5.41, 5.74) is 1.23. The molecule has 1 aliphatic rings. The van der Waals surface area contributed by atoms with Crippen LogP contribution in [-0.4, -0.2) is 31.8 Å². The Morgan fingerprint density at radius 1 is 1.20 bits per heavy atom. The lowest BCUT2D eigenvalue weighted by atomic mass is 10.1. The molecule has 0 unspecified atom stereocenters. The van der Waals surface area contributed by atoms with Crippen LogP contribution < -0.4 is 4.74 Å². The molecule has 4 rings (SSSR count). The quantitative estimate of drug-likeness (QED) is 0.707. The third-order valence-corrected chi connectivity index (χ3v) is 5.99. The number of aryl methyl sites for hydroxylation is 1. The fourth-order valence-corrected chi connectivity index (χ4v) is 4.63. The molecule has 0 N–H and O–H groups in total. The van der Waals surface area contributed by atoms with Gasteiger partial charge in [-0.05, 0) is 25.1 Å². The number of aliphatic imine (C=N–C) groups is 1. The number of hydrogen-bond donors (Lipinski definition) is 0. The lowest BCUT2D eigenvalue weighted by Gasteiger charge is -2.12. The van der Waals surface area contributed by atoms with Gasteiger partial charge in [-0.3, -0.25) is 4.99 Å². The first-order valence-corrected chi connectivity index (χ1v) is 9.22. The second-order valence-electron chi connectivity index (χ2n) is 5.79. The molecule has 1 aromatic heterocycles. The minimum atomic E-state index is -3.84. The second-order valence-corrected chi connectivity index (χ2v) is 7.57. The van der Waals surface area contributed by atoms with Crippen LogP contribution in [0.25, 0.3) is 10.9 Å². The van der Waals surface area contributed by atoms with Crippen LogP contribution in [-0.2, 0) is 10.0 Å². The van der Waals surface area contributed by atoms with Gasteiger partial charge in [-0.25, -0.2) is 16.8 Å². The monoisotopic (exact) mass is 358 g/mol. The van der Waals surface area contributed by atoms with Gasteiger partial charge in [0.2, 0.25) is 0 Å². The van der Waals surface area contributed by atoms with Crippen molar-refractivity contribution >= 4 is 27.1 Å². The van der Waals surface area contributed by atoms with E-state index in [2.05, 4.69) is 4.99 Å². The average Bonchev–Trinajstić information content (AvgIpc) is 2.78. The van der Waals surface area contributed by atoms with Crippen LogP contribution >= 0.6 is 0 Å². The molecular formula is C18H15FN2O3S. The molecular weight excluding hydrogens is 343 g/mol. The van der Waals surface area contributed by atoms with Crippen LogP contribution in [0.5, 0.6) is 5.75 Å². The normalized spacial score (nSPS) is 14.2. The zero-order valence-corrected chi connectivity index (χ0v) is 14.3. The Labute approximate surface area is 144 Å². The van der Waals surface area contributed by atoms with Gasteiger partial charge in [0.05, 0.1) is 17.0 Å². The molecule has 0 radical (unpaired) electrons. The third kappa shape index (κ3) is 2.42. The van der Waals surface area contributed by atoms with Crippen molar-refractivity contribution < 1.29 is 17.5 Å². The van der Waals surface area contributed by atoms with Crippen molar-refractivity contribution in [3.05, 3.63) is 59.5 Å². The minimum absolute atomic E-state index is 0.114. The minimum Gasteiger partial charge on any atom is -0.488 e. The summed E-state index contributed by atoms with van der Waals surface area (Å²) < 4.78 is 47.3. The number of nitrogens with zero attached hydrogens (tertiary/aromatic N) is 2. The molecule has 0 fully saturated rings. The summed E-state index contributed by atoms with van der Waals surface area (Å²) in [5, 5.41) is 0.596. The summed E-state index contributed by atoms with van der Waals surface area (Å²) in [4.78, 5) is 4.34. The molecule has 0 saturated heterocycles. The molecule has 0 aliphatic carbocycles. The van der Waals surface area contributed by atoms with E-state index in [-0.39, 0.29) is 22.8 Å². The number of ether oxygens (including phenoxy) is 1. The largest absolute Gasteiger partial charge is 0.488 e. The van der Waals surface area contributed by atoms with Gasteiger partial charge in [0.25, 0.3) is 10.0 Å². The fourth-order valence-electron chi connectivity index (χ4n) is 3.08. The molecule has 0 atom stereocenters. The van der Waals surface area contributed by atoms with Crippen LogP contribution in [0, 0.1) is 12.7 Å². The van der Waals surface area contributed by atoms with Gasteiger partial charge in [-0.1, -0.05) is 18.2 Å². The van der Waals surface area contributed by atoms with Crippen molar-refractivity contribution in [1.29, 1.82) is 0 Å². The van der Waals surface area contributed by atoms with E-state index in [4.69, 9.17) is 4.74 Å². The molecule has 5 nitrogen and oxygen atoms in total. The zero-order valence-electron chi connectivity index (χ0n) is 13.4. The number of fused-ring (bicyclic) bond motifs is 3. The maximum Gasteiger partial charge on any atom is 0.268 e. The molecule has 2 aromatic carbocycles. The van der Waals surface area contributed by atoms with Crippen molar-refractivity contribution in [2.24, 2.45) is 4.99 Å². The lowest BCUT2D eigenvalue weighted by molar-refractivity contribution is 0.314. The van der Waals surface area contributed by atoms with E-state index in [0.29, 0.717) is 23.2 Å². The number of rotatable bonds is 2. The number of halogens is 1. The predicted octanol–water partition coefficient (Wildman–Crippen LogP) is 3.14. The number of benzene rings is 2. The summed E-state index contributed by atoms with van der Waals surface area (Å²) in [6.45, 7) is 2.39. The maximum absolute atomic E-state index is 14.6. The van der Waals surface area contributed by atoms with Gasteiger partial charge in [-0.15, -0.1) is 0 Å². The average molecular weight is 358 g/mol. The Balaban J connectivity index is 2.06. The first kappa shape index (κ1) is 15.8. The van der Waals surface area contributed by atoms with E-state index in [1.165, 1.54) is 22.2 Å². The molecule has 3 aromatic rings. The van der Waals surface area contributed by atoms with Crippen molar-refractivity contribution in [2.45, 2.75) is 11.8 Å². The van der Waals surface area contributed by atoms with Gasteiger partial charge >= 0.3 is 0 Å². The molecule has 25 heavy (non-hydrogen) atoms. The molecule has 128 valence electrons. The Hall–Kier alpha value is -2.67. The van der Waals surface area contributed by atoms with Crippen LogP contribution in [0.3, 0.4) is 0 Å². The maximum atomic E-state index is 14.6. The molecule has 7 heteroatoms. The highest BCUT2D eigenvalue weighted by molar-refractivity contribution is 7.90. The van der Waals surface area contributed by atoms with Crippen LogP contribution in [0.15, 0.2) is 52.4 Å². The third-order valence-electron chi connectivity index (χ3n) is 4.15. The lowest BCUT2D eigenvalue weighted by Crippen LogP contribution is -2.14. The predicted molar refractivity (Wildman–Crippen MR) is 93.6 cm³/mol. The van der Waals surface area contributed by atoms with Crippen molar-refractivity contribution in [1.82, 2.24) is 3.97 Å².